The molecule has 1 heterocycles. The number of carbonyl (C=O) groups excluding carboxylic acids is 5. The molecule has 274 valence electrons. The van der Waals surface area contributed by atoms with E-state index < -0.39 is 71.7 Å². The van der Waals surface area contributed by atoms with Gasteiger partial charge in [0.1, 0.15) is 23.8 Å². The average Bonchev–Trinajstić information content (AvgIpc) is 3.64. The second-order valence-corrected chi connectivity index (χ2v) is 12.9. The Morgan fingerprint density at radius 2 is 1.51 bits per heavy atom. The largest absolute Gasteiger partial charge is 0.478 e. The Morgan fingerprint density at radius 1 is 0.804 bits per heavy atom. The smallest absolute Gasteiger partial charge is 0.335 e. The highest BCUT2D eigenvalue weighted by Gasteiger charge is 2.34. The summed E-state index contributed by atoms with van der Waals surface area (Å²) in [4.78, 5) is 79.9. The Labute approximate surface area is 296 Å². The number of aromatic nitrogens is 1. The van der Waals surface area contributed by atoms with Gasteiger partial charge in [-0.25, -0.2) is 4.79 Å². The van der Waals surface area contributed by atoms with Gasteiger partial charge in [-0.3, -0.25) is 24.0 Å². The van der Waals surface area contributed by atoms with Gasteiger partial charge in [0.25, 0.3) is 11.8 Å². The highest BCUT2D eigenvalue weighted by Crippen LogP contribution is 2.15. The van der Waals surface area contributed by atoms with Crippen LogP contribution in [0.25, 0.3) is 0 Å². The zero-order valence-electron chi connectivity index (χ0n) is 29.0. The molecule has 5 atom stereocenters. The van der Waals surface area contributed by atoms with Crippen LogP contribution in [0.5, 0.6) is 0 Å². The summed E-state index contributed by atoms with van der Waals surface area (Å²) in [5.74, 6) is -5.05. The van der Waals surface area contributed by atoms with Gasteiger partial charge in [0.15, 0.2) is 6.10 Å². The van der Waals surface area contributed by atoms with Crippen molar-refractivity contribution in [2.45, 2.75) is 70.8 Å². The number of hydrogen-bond donors (Lipinski definition) is 9. The van der Waals surface area contributed by atoms with Gasteiger partial charge in [0, 0.05) is 18.4 Å². The molecule has 0 fully saturated rings. The van der Waals surface area contributed by atoms with Crippen molar-refractivity contribution in [3.05, 3.63) is 89.7 Å². The molecule has 2 aromatic carbocycles. The van der Waals surface area contributed by atoms with Crippen LogP contribution in [0, 0.1) is 11.8 Å². The Morgan fingerprint density at radius 3 is 2.12 bits per heavy atom. The number of rotatable bonds is 18. The number of H-pyrrole nitrogens is 1. The first kappa shape index (κ1) is 39.9. The number of carboxylic acid groups (broad SMARTS) is 1. The maximum absolute atomic E-state index is 13.8. The van der Waals surface area contributed by atoms with Crippen LogP contribution in [-0.2, 0) is 25.6 Å². The number of carbonyl (C=O) groups is 6. The van der Waals surface area contributed by atoms with Gasteiger partial charge in [0.05, 0.1) is 11.6 Å². The van der Waals surface area contributed by atoms with E-state index in [1.165, 1.54) is 24.3 Å². The summed E-state index contributed by atoms with van der Waals surface area (Å²) in [6, 6.07) is 13.0. The van der Waals surface area contributed by atoms with Crippen molar-refractivity contribution in [2.75, 3.05) is 11.9 Å². The molecule has 0 bridgehead atoms. The van der Waals surface area contributed by atoms with Crippen molar-refractivity contribution < 1.29 is 39.0 Å². The van der Waals surface area contributed by atoms with E-state index in [4.69, 9.17) is 5.73 Å². The summed E-state index contributed by atoms with van der Waals surface area (Å²) in [6.07, 6.45) is 0.0263. The molecule has 15 nitrogen and oxygen atoms in total. The number of amides is 5. The third-order valence-electron chi connectivity index (χ3n) is 7.90. The number of aliphatic hydroxyl groups is 1. The number of aromatic carboxylic acids is 1. The third kappa shape index (κ3) is 12.4. The van der Waals surface area contributed by atoms with Crippen LogP contribution in [0.1, 0.15) is 60.5 Å². The van der Waals surface area contributed by atoms with Crippen molar-refractivity contribution in [3.63, 3.8) is 0 Å². The van der Waals surface area contributed by atoms with Gasteiger partial charge < -0.3 is 47.5 Å². The monoisotopic (exact) mass is 705 g/mol. The summed E-state index contributed by atoms with van der Waals surface area (Å²) in [6.45, 7) is 6.92. The molecule has 3 aromatic rings. The molecule has 1 unspecified atom stereocenters. The SMILES string of the molecule is CC(C)C[C@H](NC(=O)[C@@H](NC(=O)[C@@H](N)CNC(=O)c1ccc[nH]1)C(C)C)C(=O)NC(Cc1ccccc1)[C@@H](O)C(=O)Nc1cccc(C(=O)O)c1. The number of hydrogen-bond acceptors (Lipinski definition) is 8. The fourth-order valence-electron chi connectivity index (χ4n) is 5.14. The highest BCUT2D eigenvalue weighted by atomic mass is 16.4. The van der Waals surface area contributed by atoms with Gasteiger partial charge in [-0.05, 0) is 60.6 Å². The molecular weight excluding hydrogens is 658 g/mol. The molecule has 5 amide bonds. The molecule has 0 saturated carbocycles. The first-order chi connectivity index (χ1) is 24.2. The Kier molecular flexibility index (Phi) is 14.9. The number of aromatic amines is 1. The van der Waals surface area contributed by atoms with E-state index in [2.05, 4.69) is 31.6 Å². The van der Waals surface area contributed by atoms with E-state index in [0.29, 0.717) is 11.3 Å². The lowest BCUT2D eigenvalue weighted by Gasteiger charge is -2.29. The molecular formula is C36H47N7O8. The molecule has 0 aliphatic carbocycles. The summed E-state index contributed by atoms with van der Waals surface area (Å²) in [5.41, 5.74) is 7.07. The zero-order valence-corrected chi connectivity index (χ0v) is 29.0. The minimum absolute atomic E-state index is 0.0433. The molecule has 0 aliphatic rings. The fourth-order valence-corrected chi connectivity index (χ4v) is 5.14. The summed E-state index contributed by atoms with van der Waals surface area (Å²) < 4.78 is 0. The van der Waals surface area contributed by atoms with Gasteiger partial charge in [-0.1, -0.05) is 64.1 Å². The molecule has 0 radical (unpaired) electrons. The maximum atomic E-state index is 13.8. The standard InChI is InChI=1S/C36H47N7O8/c1-20(2)16-28(42-34(48)29(21(3)4)43-31(45)25(37)19-39-32(46)26-14-9-15-38-26)33(47)41-27(17-22-10-6-5-7-11-22)30(44)35(49)40-24-13-8-12-23(18-24)36(50)51/h5-15,18,20-21,25,27-30,38,44H,16-17,19,37H2,1-4H3,(H,39,46)(H,40,49)(H,41,47)(H,42,48)(H,43,45)(H,50,51)/t25-,27?,28-,29-,30+/m0/s1. The third-order valence-corrected chi connectivity index (χ3v) is 7.90. The zero-order chi connectivity index (χ0) is 37.7. The highest BCUT2D eigenvalue weighted by molar-refractivity contribution is 5.98. The van der Waals surface area contributed by atoms with Gasteiger partial charge in [-0.2, -0.15) is 0 Å². The lowest BCUT2D eigenvalue weighted by molar-refractivity contribution is -0.134. The van der Waals surface area contributed by atoms with E-state index >= 15 is 0 Å². The summed E-state index contributed by atoms with van der Waals surface area (Å²) >= 11 is 0. The molecule has 15 heteroatoms. The molecule has 3 rings (SSSR count). The van der Waals surface area contributed by atoms with Crippen molar-refractivity contribution >= 4 is 41.2 Å². The Balaban J connectivity index is 1.74. The van der Waals surface area contributed by atoms with E-state index in [9.17, 15) is 39.0 Å². The first-order valence-electron chi connectivity index (χ1n) is 16.6. The molecule has 0 spiro atoms. The average molecular weight is 706 g/mol. The van der Waals surface area contributed by atoms with Crippen molar-refractivity contribution in [3.8, 4) is 0 Å². The van der Waals surface area contributed by atoms with Crippen LogP contribution in [0.15, 0.2) is 72.9 Å². The first-order valence-corrected chi connectivity index (χ1v) is 16.6. The Hall–Kier alpha value is -5.54. The fraction of sp³-hybridized carbons (Fsp3) is 0.389. The van der Waals surface area contributed by atoms with Gasteiger partial charge >= 0.3 is 5.97 Å². The van der Waals surface area contributed by atoms with Gasteiger partial charge in [-0.15, -0.1) is 0 Å². The molecule has 51 heavy (non-hydrogen) atoms. The molecule has 10 N–H and O–H groups in total. The number of anilines is 1. The number of aliphatic hydroxyl groups excluding tert-OH is 1. The quantitative estimate of drug-likeness (QED) is 0.0921. The normalized spacial score (nSPS) is 14.0. The minimum Gasteiger partial charge on any atom is -0.478 e. The van der Waals surface area contributed by atoms with Crippen molar-refractivity contribution in [2.24, 2.45) is 17.6 Å². The summed E-state index contributed by atoms with van der Waals surface area (Å²) in [5, 5.41) is 33.6. The molecule has 0 saturated heterocycles. The Bertz CT molecular complexity index is 1650. The van der Waals surface area contributed by atoms with Crippen molar-refractivity contribution in [1.82, 2.24) is 26.3 Å². The topological polar surface area (TPSA) is 245 Å². The number of nitrogens with two attached hydrogens (primary N) is 1. The van der Waals surface area contributed by atoms with Crippen LogP contribution in [0.2, 0.25) is 0 Å². The van der Waals surface area contributed by atoms with Crippen LogP contribution < -0.4 is 32.3 Å². The van der Waals surface area contributed by atoms with E-state index in [0.717, 1.165) is 0 Å². The van der Waals surface area contributed by atoms with Crippen molar-refractivity contribution in [1.29, 1.82) is 0 Å². The van der Waals surface area contributed by atoms with Gasteiger partial charge in [0.2, 0.25) is 17.7 Å². The molecule has 0 aliphatic heterocycles. The minimum atomic E-state index is -1.78. The lowest BCUT2D eigenvalue weighted by atomic mass is 9.97. The van der Waals surface area contributed by atoms with Crippen LogP contribution >= 0.6 is 0 Å². The van der Waals surface area contributed by atoms with Crippen LogP contribution in [0.4, 0.5) is 5.69 Å². The molecule has 1 aromatic heterocycles. The second-order valence-electron chi connectivity index (χ2n) is 12.9. The van der Waals surface area contributed by atoms with Crippen LogP contribution in [0.3, 0.4) is 0 Å². The van der Waals surface area contributed by atoms with E-state index in [-0.39, 0.29) is 36.6 Å². The maximum Gasteiger partial charge on any atom is 0.335 e. The number of benzene rings is 2. The van der Waals surface area contributed by atoms with E-state index in [1.54, 1.807) is 62.5 Å². The number of carboxylic acids is 1. The summed E-state index contributed by atoms with van der Waals surface area (Å²) in [7, 11) is 0. The predicted octanol–water partition coefficient (Wildman–Crippen LogP) is 1.17. The second kappa shape index (κ2) is 19.0. The van der Waals surface area contributed by atoms with Crippen LogP contribution in [-0.4, -0.2) is 87.5 Å². The van der Waals surface area contributed by atoms with E-state index in [1.807, 2.05) is 13.8 Å². The predicted molar refractivity (Wildman–Crippen MR) is 189 cm³/mol. The number of nitrogens with one attached hydrogen (secondary N) is 6. The lowest BCUT2D eigenvalue weighted by Crippen LogP contribution is -2.60.